The fraction of sp³-hybridized carbons (Fsp3) is 0.125. The lowest BCUT2D eigenvalue weighted by atomic mass is 10.1. The van der Waals surface area contributed by atoms with Gasteiger partial charge in [0.05, 0.1) is 22.1 Å². The summed E-state index contributed by atoms with van der Waals surface area (Å²) in [6.07, 6.45) is 0.573. The van der Waals surface area contributed by atoms with Crippen LogP contribution in [0.4, 0.5) is 15.8 Å². The third-order valence-electron chi connectivity index (χ3n) is 3.23. The molecule has 0 aliphatic rings. The number of aldehydes is 1. The van der Waals surface area contributed by atoms with Crippen LogP contribution in [0.15, 0.2) is 33.3 Å². The maximum absolute atomic E-state index is 14.6. The summed E-state index contributed by atoms with van der Waals surface area (Å²) in [5.41, 5.74) is 1.16. The molecule has 1 heterocycles. The second-order valence-electron chi connectivity index (χ2n) is 4.67. The highest BCUT2D eigenvalue weighted by atomic mass is 79.9. The predicted octanol–water partition coefficient (Wildman–Crippen LogP) is 4.86. The Morgan fingerprint density at radius 1 is 1.38 bits per heavy atom. The summed E-state index contributed by atoms with van der Waals surface area (Å²) in [7, 11) is 1.00. The molecule has 0 aliphatic heterocycles. The minimum Gasteiger partial charge on any atom is -0.400 e. The summed E-state index contributed by atoms with van der Waals surface area (Å²) < 4.78 is 20.4. The first-order chi connectivity index (χ1) is 11.5. The van der Waals surface area contributed by atoms with Crippen LogP contribution in [0.25, 0.3) is 11.0 Å². The first-order valence-corrected chi connectivity index (χ1v) is 7.89. The van der Waals surface area contributed by atoms with Crippen molar-refractivity contribution < 1.29 is 18.8 Å². The maximum atomic E-state index is 14.6. The zero-order chi connectivity index (χ0) is 17.9. The molecule has 0 fully saturated rings. The summed E-state index contributed by atoms with van der Waals surface area (Å²) >= 11 is 9.40. The molecule has 3 aromatic rings. The summed E-state index contributed by atoms with van der Waals surface area (Å²) in [4.78, 5) is 11.3. The highest BCUT2D eigenvalue weighted by molar-refractivity contribution is 9.10. The van der Waals surface area contributed by atoms with Gasteiger partial charge in [-0.25, -0.2) is 4.39 Å². The SMILES string of the molecule is CO.Cc1noc2c(F)c(Nc3ccc(Br)cc3Cl)c(C=O)cc12. The molecule has 1 aromatic heterocycles. The lowest BCUT2D eigenvalue weighted by Crippen LogP contribution is -2.00. The zero-order valence-electron chi connectivity index (χ0n) is 12.7. The standard InChI is InChI=1S/C15H9BrClFN2O2.CH4O/c1-7-10-4-8(6-21)14(13(18)15(10)22-20-7)19-12-3-2-9(16)5-11(12)17;1-2/h2-6,19H,1H3;2H,1H3. The van der Waals surface area contributed by atoms with E-state index in [4.69, 9.17) is 21.2 Å². The molecule has 5 nitrogen and oxygen atoms in total. The molecule has 8 heteroatoms. The predicted molar refractivity (Wildman–Crippen MR) is 94.7 cm³/mol. The van der Waals surface area contributed by atoms with Crippen molar-refractivity contribution in [1.82, 2.24) is 5.16 Å². The lowest BCUT2D eigenvalue weighted by Gasteiger charge is -2.12. The van der Waals surface area contributed by atoms with Gasteiger partial charge in [-0.2, -0.15) is 0 Å². The quantitative estimate of drug-likeness (QED) is 0.598. The number of aliphatic hydroxyl groups excluding tert-OH is 1. The van der Waals surface area contributed by atoms with Crippen LogP contribution >= 0.6 is 27.5 Å². The van der Waals surface area contributed by atoms with Gasteiger partial charge in [-0.3, -0.25) is 4.79 Å². The molecule has 0 atom stereocenters. The molecule has 24 heavy (non-hydrogen) atoms. The van der Waals surface area contributed by atoms with E-state index in [9.17, 15) is 9.18 Å². The number of aliphatic hydroxyl groups is 1. The van der Waals surface area contributed by atoms with Crippen LogP contribution < -0.4 is 5.32 Å². The number of aryl methyl sites for hydroxylation is 1. The van der Waals surface area contributed by atoms with Crippen LogP contribution in [0.2, 0.25) is 5.02 Å². The van der Waals surface area contributed by atoms with Gasteiger partial charge in [0.15, 0.2) is 12.1 Å². The summed E-state index contributed by atoms with van der Waals surface area (Å²) in [5, 5.41) is 14.4. The van der Waals surface area contributed by atoms with E-state index < -0.39 is 5.82 Å². The number of nitrogens with one attached hydrogen (secondary N) is 1. The van der Waals surface area contributed by atoms with Gasteiger partial charge in [0.25, 0.3) is 0 Å². The van der Waals surface area contributed by atoms with Crippen molar-refractivity contribution >= 4 is 56.2 Å². The van der Waals surface area contributed by atoms with Gasteiger partial charge in [-0.1, -0.05) is 32.7 Å². The Kier molecular flexibility index (Phi) is 5.93. The van der Waals surface area contributed by atoms with E-state index in [-0.39, 0.29) is 16.8 Å². The number of rotatable bonds is 3. The van der Waals surface area contributed by atoms with E-state index in [0.717, 1.165) is 11.6 Å². The largest absolute Gasteiger partial charge is 0.400 e. The normalized spacial score (nSPS) is 10.2. The van der Waals surface area contributed by atoms with Crippen molar-refractivity contribution in [2.75, 3.05) is 12.4 Å². The van der Waals surface area contributed by atoms with Crippen LogP contribution in [-0.2, 0) is 0 Å². The van der Waals surface area contributed by atoms with Gasteiger partial charge >= 0.3 is 0 Å². The first-order valence-electron chi connectivity index (χ1n) is 6.71. The molecular weight excluding hydrogens is 403 g/mol. The van der Waals surface area contributed by atoms with Gasteiger partial charge in [-0.05, 0) is 31.2 Å². The number of nitrogens with zero attached hydrogens (tertiary/aromatic N) is 1. The van der Waals surface area contributed by atoms with E-state index in [2.05, 4.69) is 26.4 Å². The molecule has 2 N–H and O–H groups in total. The van der Waals surface area contributed by atoms with Crippen molar-refractivity contribution in [3.63, 3.8) is 0 Å². The highest BCUT2D eigenvalue weighted by Crippen LogP contribution is 2.34. The molecule has 0 saturated carbocycles. The minimum absolute atomic E-state index is 0.00108. The number of hydrogen-bond acceptors (Lipinski definition) is 5. The Balaban J connectivity index is 0.00000100. The highest BCUT2D eigenvalue weighted by Gasteiger charge is 2.19. The molecule has 0 amide bonds. The third-order valence-corrected chi connectivity index (χ3v) is 4.04. The van der Waals surface area contributed by atoms with Crippen molar-refractivity contribution in [2.24, 2.45) is 0 Å². The summed E-state index contributed by atoms with van der Waals surface area (Å²) in [5.74, 6) is -0.681. The number of hydrogen-bond donors (Lipinski definition) is 2. The van der Waals surface area contributed by atoms with Crippen LogP contribution in [0.3, 0.4) is 0 Å². The molecule has 0 unspecified atom stereocenters. The number of aromatic nitrogens is 1. The Hall–Kier alpha value is -1.96. The van der Waals surface area contributed by atoms with Gasteiger partial charge in [0.2, 0.25) is 5.58 Å². The molecule has 0 spiro atoms. The van der Waals surface area contributed by atoms with E-state index in [1.165, 1.54) is 6.07 Å². The smallest absolute Gasteiger partial charge is 0.204 e. The number of halogens is 3. The van der Waals surface area contributed by atoms with Gasteiger partial charge in [-0.15, -0.1) is 0 Å². The number of carbonyl (C=O) groups is 1. The fourth-order valence-electron chi connectivity index (χ4n) is 2.12. The number of anilines is 2. The molecule has 126 valence electrons. The van der Waals surface area contributed by atoms with Gasteiger partial charge in [0.1, 0.15) is 0 Å². The average Bonchev–Trinajstić information content (AvgIpc) is 2.95. The molecule has 0 bridgehead atoms. The molecule has 3 rings (SSSR count). The van der Waals surface area contributed by atoms with E-state index >= 15 is 0 Å². The second kappa shape index (κ2) is 7.74. The monoisotopic (exact) mass is 414 g/mol. The Bertz CT molecular complexity index is 899. The summed E-state index contributed by atoms with van der Waals surface area (Å²) in [6, 6.07) is 6.63. The van der Waals surface area contributed by atoms with Gasteiger partial charge < -0.3 is 14.9 Å². The molecular formula is C16H13BrClFN2O3. The number of carbonyl (C=O) groups excluding carboxylic acids is 1. The Morgan fingerprint density at radius 2 is 2.08 bits per heavy atom. The van der Waals surface area contributed by atoms with Crippen LogP contribution in [0, 0.1) is 12.7 Å². The van der Waals surface area contributed by atoms with E-state index in [0.29, 0.717) is 28.1 Å². The van der Waals surface area contributed by atoms with Crippen LogP contribution in [0.1, 0.15) is 16.1 Å². The maximum Gasteiger partial charge on any atom is 0.204 e. The molecule has 0 radical (unpaired) electrons. The average molecular weight is 416 g/mol. The molecule has 0 aliphatic carbocycles. The Labute approximate surface area is 150 Å². The zero-order valence-corrected chi connectivity index (χ0v) is 15.1. The summed E-state index contributed by atoms with van der Waals surface area (Å²) in [6.45, 7) is 1.68. The molecule has 2 aromatic carbocycles. The van der Waals surface area contributed by atoms with Crippen molar-refractivity contribution in [3.8, 4) is 0 Å². The third kappa shape index (κ3) is 3.43. The number of fused-ring (bicyclic) bond motifs is 1. The van der Waals surface area contributed by atoms with Crippen LogP contribution in [-0.4, -0.2) is 23.7 Å². The minimum atomic E-state index is -0.681. The number of benzene rings is 2. The van der Waals surface area contributed by atoms with Crippen molar-refractivity contribution in [3.05, 3.63) is 50.8 Å². The van der Waals surface area contributed by atoms with E-state index in [1.54, 1.807) is 25.1 Å². The van der Waals surface area contributed by atoms with Crippen molar-refractivity contribution in [1.29, 1.82) is 0 Å². The molecule has 0 saturated heterocycles. The Morgan fingerprint density at radius 3 is 2.71 bits per heavy atom. The fourth-order valence-corrected chi connectivity index (χ4v) is 2.84. The van der Waals surface area contributed by atoms with Crippen molar-refractivity contribution in [2.45, 2.75) is 6.92 Å². The topological polar surface area (TPSA) is 75.4 Å². The van der Waals surface area contributed by atoms with Crippen LogP contribution in [0.5, 0.6) is 0 Å². The first kappa shape index (κ1) is 18.4. The second-order valence-corrected chi connectivity index (χ2v) is 5.99. The van der Waals surface area contributed by atoms with E-state index in [1.807, 2.05) is 0 Å². The lowest BCUT2D eigenvalue weighted by molar-refractivity contribution is 0.112. The van der Waals surface area contributed by atoms with Gasteiger partial charge in [0, 0.05) is 22.5 Å².